The lowest BCUT2D eigenvalue weighted by molar-refractivity contribution is -0.138. The highest BCUT2D eigenvalue weighted by Crippen LogP contribution is 2.29. The molecule has 4 rings (SSSR count). The topological polar surface area (TPSA) is 130 Å². The summed E-state index contributed by atoms with van der Waals surface area (Å²) in [7, 11) is -3.55. The second-order valence-electron chi connectivity index (χ2n) is 10.2. The van der Waals surface area contributed by atoms with Crippen LogP contribution in [0.3, 0.4) is 0 Å². The number of carbonyl (C=O) groups is 3. The van der Waals surface area contributed by atoms with E-state index < -0.39 is 9.84 Å². The molecule has 0 spiro atoms. The average molecular weight is 534 g/mol. The summed E-state index contributed by atoms with van der Waals surface area (Å²) in [4.78, 5) is 41.8. The van der Waals surface area contributed by atoms with Crippen LogP contribution in [0.4, 0.5) is 5.13 Å². The Bertz CT molecular complexity index is 1230. The minimum absolute atomic E-state index is 0.00288. The number of anilines is 1. The van der Waals surface area contributed by atoms with Gasteiger partial charge in [-0.25, -0.2) is 8.42 Å². The lowest BCUT2D eigenvalue weighted by Crippen LogP contribution is -2.46. The number of benzene rings is 1. The van der Waals surface area contributed by atoms with Crippen LogP contribution in [0.1, 0.15) is 45.0 Å². The molecular formula is C24H31N5O5S2. The summed E-state index contributed by atoms with van der Waals surface area (Å²) in [6.45, 7) is 7.23. The van der Waals surface area contributed by atoms with Crippen LogP contribution in [0, 0.1) is 11.8 Å². The Kier molecular flexibility index (Phi) is 7.46. The van der Waals surface area contributed by atoms with Crippen molar-refractivity contribution in [2.24, 2.45) is 11.8 Å². The second kappa shape index (κ2) is 10.3. The van der Waals surface area contributed by atoms with Crippen molar-refractivity contribution in [1.29, 1.82) is 0 Å². The van der Waals surface area contributed by atoms with E-state index in [1.165, 1.54) is 12.1 Å². The molecule has 2 fully saturated rings. The number of piperidine rings is 1. The number of likely N-dealkylation sites (tertiary alicyclic amines) is 2. The van der Waals surface area contributed by atoms with Crippen molar-refractivity contribution in [3.8, 4) is 0 Å². The zero-order valence-corrected chi connectivity index (χ0v) is 22.3. The molecule has 1 N–H and O–H groups in total. The molecule has 3 heterocycles. The Hall–Kier alpha value is -2.86. The smallest absolute Gasteiger partial charge is 0.229 e. The van der Waals surface area contributed by atoms with E-state index in [0.29, 0.717) is 37.5 Å². The lowest BCUT2D eigenvalue weighted by atomic mass is 9.94. The van der Waals surface area contributed by atoms with Gasteiger partial charge in [0.2, 0.25) is 22.9 Å². The van der Waals surface area contributed by atoms with Crippen LogP contribution in [0.25, 0.3) is 0 Å². The maximum Gasteiger partial charge on any atom is 0.229 e. The zero-order chi connectivity index (χ0) is 26.1. The summed E-state index contributed by atoms with van der Waals surface area (Å²) < 4.78 is 25.1. The summed E-state index contributed by atoms with van der Waals surface area (Å²) in [6.07, 6.45) is 1.25. The van der Waals surface area contributed by atoms with Crippen molar-refractivity contribution in [1.82, 2.24) is 20.0 Å². The highest BCUT2D eigenvalue weighted by Gasteiger charge is 2.41. The summed E-state index contributed by atoms with van der Waals surface area (Å²) in [6, 6.07) is 8.12. The molecular weight excluding hydrogens is 502 g/mol. The Morgan fingerprint density at radius 2 is 1.75 bits per heavy atom. The Morgan fingerprint density at radius 1 is 1.08 bits per heavy atom. The van der Waals surface area contributed by atoms with Gasteiger partial charge in [0.05, 0.1) is 10.8 Å². The first-order chi connectivity index (χ1) is 16.9. The maximum absolute atomic E-state index is 13.0. The van der Waals surface area contributed by atoms with E-state index in [1.54, 1.807) is 28.0 Å². The number of carbonyl (C=O) groups excluding carboxylic acids is 3. The molecule has 12 heteroatoms. The second-order valence-corrected chi connectivity index (χ2v) is 13.3. The summed E-state index contributed by atoms with van der Waals surface area (Å²) in [5.41, 5.74) is -0.312. The molecule has 1 aromatic heterocycles. The first-order valence-corrected chi connectivity index (χ1v) is 14.4. The molecule has 0 saturated carbocycles. The number of hydrogen-bond acceptors (Lipinski definition) is 8. The largest absolute Gasteiger partial charge is 0.342 e. The third kappa shape index (κ3) is 5.92. The molecule has 0 radical (unpaired) electrons. The van der Waals surface area contributed by atoms with Gasteiger partial charge < -0.3 is 15.1 Å². The summed E-state index contributed by atoms with van der Waals surface area (Å²) >= 11 is 1.04. The zero-order valence-electron chi connectivity index (χ0n) is 20.6. The van der Waals surface area contributed by atoms with Gasteiger partial charge in [0, 0.05) is 37.5 Å². The third-order valence-electron chi connectivity index (χ3n) is 6.57. The predicted octanol–water partition coefficient (Wildman–Crippen LogP) is 2.34. The van der Waals surface area contributed by atoms with E-state index in [0.717, 1.165) is 11.3 Å². The van der Waals surface area contributed by atoms with Crippen LogP contribution in [0.15, 0.2) is 35.2 Å². The van der Waals surface area contributed by atoms with Gasteiger partial charge in [-0.2, -0.15) is 0 Å². The van der Waals surface area contributed by atoms with Gasteiger partial charge in [-0.1, -0.05) is 29.5 Å². The summed E-state index contributed by atoms with van der Waals surface area (Å²) in [5, 5.41) is 11.1. The molecule has 2 saturated heterocycles. The molecule has 36 heavy (non-hydrogen) atoms. The van der Waals surface area contributed by atoms with Gasteiger partial charge in [-0.3, -0.25) is 14.4 Å². The van der Waals surface area contributed by atoms with Crippen molar-refractivity contribution in [3.05, 3.63) is 35.3 Å². The van der Waals surface area contributed by atoms with Crippen LogP contribution in [-0.2, 0) is 30.0 Å². The summed E-state index contributed by atoms with van der Waals surface area (Å²) in [5.74, 6) is -1.16. The Balaban J connectivity index is 1.27. The van der Waals surface area contributed by atoms with Crippen LogP contribution >= 0.6 is 11.3 Å². The fraction of sp³-hybridized carbons (Fsp3) is 0.542. The number of aromatic nitrogens is 2. The van der Waals surface area contributed by atoms with Gasteiger partial charge in [0.1, 0.15) is 10.8 Å². The van der Waals surface area contributed by atoms with Crippen LogP contribution in [0.5, 0.6) is 0 Å². The van der Waals surface area contributed by atoms with E-state index in [9.17, 15) is 22.8 Å². The number of sulfone groups is 1. The molecule has 3 amide bonds. The van der Waals surface area contributed by atoms with Gasteiger partial charge in [-0.15, -0.1) is 10.2 Å². The van der Waals surface area contributed by atoms with E-state index >= 15 is 0 Å². The molecule has 1 atom stereocenters. The number of amides is 3. The van der Waals surface area contributed by atoms with Crippen molar-refractivity contribution in [3.63, 3.8) is 0 Å². The predicted molar refractivity (Wildman–Crippen MR) is 135 cm³/mol. The molecule has 0 aliphatic carbocycles. The normalized spacial score (nSPS) is 19.5. The van der Waals surface area contributed by atoms with Crippen molar-refractivity contribution >= 4 is 44.0 Å². The molecule has 1 unspecified atom stereocenters. The van der Waals surface area contributed by atoms with Crippen LogP contribution < -0.4 is 5.32 Å². The first-order valence-electron chi connectivity index (χ1n) is 11.9. The number of nitrogens with one attached hydrogen (secondary N) is 1. The Labute approximate surface area is 215 Å². The van der Waals surface area contributed by atoms with E-state index in [-0.39, 0.29) is 57.3 Å². The van der Waals surface area contributed by atoms with E-state index in [2.05, 4.69) is 15.5 Å². The molecule has 0 bridgehead atoms. The highest BCUT2D eigenvalue weighted by atomic mass is 32.2. The fourth-order valence-electron chi connectivity index (χ4n) is 4.58. The van der Waals surface area contributed by atoms with Gasteiger partial charge in [0.15, 0.2) is 9.84 Å². The average Bonchev–Trinajstić information content (AvgIpc) is 3.44. The van der Waals surface area contributed by atoms with Crippen LogP contribution in [0.2, 0.25) is 0 Å². The monoisotopic (exact) mass is 533 g/mol. The van der Waals surface area contributed by atoms with E-state index in [4.69, 9.17) is 0 Å². The van der Waals surface area contributed by atoms with Crippen LogP contribution in [-0.4, -0.2) is 71.3 Å². The minimum Gasteiger partial charge on any atom is -0.342 e. The molecule has 10 nitrogen and oxygen atoms in total. The third-order valence-corrected chi connectivity index (χ3v) is 9.24. The molecule has 1 aromatic carbocycles. The van der Waals surface area contributed by atoms with Crippen molar-refractivity contribution in [2.45, 2.75) is 56.2 Å². The molecule has 2 aliphatic heterocycles. The molecule has 194 valence electrons. The minimum atomic E-state index is -3.55. The quantitative estimate of drug-likeness (QED) is 0.603. The lowest BCUT2D eigenvalue weighted by Gasteiger charge is -2.34. The Morgan fingerprint density at radius 3 is 2.36 bits per heavy atom. The first kappa shape index (κ1) is 26.2. The van der Waals surface area contributed by atoms with Crippen molar-refractivity contribution < 1.29 is 22.8 Å². The number of nitrogens with zero attached hydrogens (tertiary/aromatic N) is 4. The highest BCUT2D eigenvalue weighted by molar-refractivity contribution is 7.90. The van der Waals surface area contributed by atoms with Gasteiger partial charge in [-0.05, 0) is 45.7 Å². The number of hydrogen-bond donors (Lipinski definition) is 1. The standard InChI is InChI=1S/C24H31N5O5S2/c1-24(2,3)29-14-17(13-20(29)30)22(32)28-11-9-16(10-12-28)21(31)25-23-27-26-19(35-23)15-36(33,34)18-7-5-4-6-8-18/h4-8,16-17H,9-15H2,1-3H3,(H,25,27,31). The van der Waals surface area contributed by atoms with Gasteiger partial charge in [0.25, 0.3) is 0 Å². The van der Waals surface area contributed by atoms with Gasteiger partial charge >= 0.3 is 0 Å². The number of rotatable bonds is 6. The molecule has 2 aliphatic rings. The van der Waals surface area contributed by atoms with E-state index in [1.807, 2.05) is 20.8 Å². The molecule has 2 aromatic rings. The SMILES string of the molecule is CC(C)(C)N1CC(C(=O)N2CCC(C(=O)Nc3nnc(CS(=O)(=O)c4ccccc4)s3)CC2)CC1=O. The maximum atomic E-state index is 13.0. The fourth-order valence-corrected chi connectivity index (χ4v) is 6.95. The van der Waals surface area contributed by atoms with Crippen molar-refractivity contribution in [2.75, 3.05) is 25.0 Å².